The van der Waals surface area contributed by atoms with Crippen molar-refractivity contribution in [1.29, 1.82) is 0 Å². The summed E-state index contributed by atoms with van der Waals surface area (Å²) in [7, 11) is -2.51. The Morgan fingerprint density at radius 3 is 2.15 bits per heavy atom. The molecule has 0 aromatic carbocycles. The Bertz CT molecular complexity index is 230. The molecule has 1 rings (SSSR count). The molecule has 120 valence electrons. The molecule has 5 heteroatoms. The quantitative estimate of drug-likeness (QED) is 0.493. The van der Waals surface area contributed by atoms with E-state index >= 15 is 0 Å². The molecule has 0 bridgehead atoms. The Balaban J connectivity index is 2.52. The van der Waals surface area contributed by atoms with Crippen molar-refractivity contribution < 1.29 is 13.3 Å². The average Bonchev–Trinajstić information content (AvgIpc) is 2.40. The maximum absolute atomic E-state index is 6.25. The highest BCUT2D eigenvalue weighted by Crippen LogP contribution is 2.22. The molecule has 1 saturated carbocycles. The lowest BCUT2D eigenvalue weighted by atomic mass is 9.95. The predicted octanol–water partition coefficient (Wildman–Crippen LogP) is 3.69. The topological polar surface area (TPSA) is 39.7 Å². The van der Waals surface area contributed by atoms with Gasteiger partial charge in [-0.3, -0.25) is 5.32 Å². The molecule has 0 amide bonds. The summed E-state index contributed by atoms with van der Waals surface area (Å²) in [5.74, 6) is 0. The number of hydrogen-bond donors (Lipinski definition) is 1. The van der Waals surface area contributed by atoms with Crippen LogP contribution in [0.4, 0.5) is 0 Å². The van der Waals surface area contributed by atoms with E-state index in [-0.39, 0.29) is 6.23 Å². The first-order valence-electron chi connectivity index (χ1n) is 8.37. The highest BCUT2D eigenvalue weighted by atomic mass is 28.4. The molecule has 0 aromatic heterocycles. The third-order valence-corrected chi connectivity index (χ3v) is 7.00. The van der Waals surface area contributed by atoms with Gasteiger partial charge in [0, 0.05) is 25.3 Å². The third kappa shape index (κ3) is 6.22. The first-order valence-corrected chi connectivity index (χ1v) is 10.3. The van der Waals surface area contributed by atoms with Crippen LogP contribution in [0.2, 0.25) is 6.04 Å². The normalized spacial score (nSPS) is 19.2. The Hall–Kier alpha value is 0.0569. The zero-order valence-electron chi connectivity index (χ0n) is 13.7. The largest absolute Gasteiger partial charge is 0.502 e. The molecule has 20 heavy (non-hydrogen) atoms. The van der Waals surface area contributed by atoms with Gasteiger partial charge in [-0.2, -0.15) is 0 Å². The zero-order chi connectivity index (χ0) is 14.8. The van der Waals surface area contributed by atoms with Crippen LogP contribution in [-0.4, -0.2) is 34.3 Å². The second-order valence-corrected chi connectivity index (χ2v) is 8.24. The van der Waals surface area contributed by atoms with Gasteiger partial charge in [0.05, 0.1) is 6.23 Å². The van der Waals surface area contributed by atoms with Gasteiger partial charge in [-0.1, -0.05) is 32.6 Å². The van der Waals surface area contributed by atoms with Crippen LogP contribution in [0.3, 0.4) is 0 Å². The molecule has 0 aliphatic heterocycles. The van der Waals surface area contributed by atoms with Gasteiger partial charge in [-0.25, -0.2) is 0 Å². The van der Waals surface area contributed by atoms with Crippen molar-refractivity contribution in [2.75, 3.05) is 13.2 Å². The number of hydrogen-bond acceptors (Lipinski definition) is 4. The van der Waals surface area contributed by atoms with E-state index < -0.39 is 8.80 Å². The molecule has 0 heterocycles. The maximum atomic E-state index is 6.25. The van der Waals surface area contributed by atoms with Crippen molar-refractivity contribution in [1.82, 2.24) is 5.32 Å². The standard InChI is InChI=1S/C15H33NO3Si/c1-5-13-20(17-6-2,18-7-3)19-14(4)16-15-11-9-8-10-12-15/h14-16H,5-13H2,1-4H3. The molecule has 0 saturated heterocycles. The molecule has 1 fully saturated rings. The van der Waals surface area contributed by atoms with Crippen LogP contribution < -0.4 is 5.32 Å². The Morgan fingerprint density at radius 1 is 1.05 bits per heavy atom. The summed E-state index contributed by atoms with van der Waals surface area (Å²) >= 11 is 0. The lowest BCUT2D eigenvalue weighted by Crippen LogP contribution is -2.52. The van der Waals surface area contributed by atoms with Crippen LogP contribution in [0, 0.1) is 0 Å². The molecule has 4 nitrogen and oxygen atoms in total. The second-order valence-electron chi connectivity index (χ2n) is 5.56. The molecular weight excluding hydrogens is 270 g/mol. The van der Waals surface area contributed by atoms with Crippen LogP contribution in [0.5, 0.6) is 0 Å². The lowest BCUT2D eigenvalue weighted by molar-refractivity contribution is 0.0200. The van der Waals surface area contributed by atoms with Crippen molar-refractivity contribution >= 4 is 8.80 Å². The third-order valence-electron chi connectivity index (χ3n) is 3.72. The predicted molar refractivity (Wildman–Crippen MR) is 84.7 cm³/mol. The Labute approximate surface area is 125 Å². The molecule has 1 unspecified atom stereocenters. The van der Waals surface area contributed by atoms with E-state index in [9.17, 15) is 0 Å². The van der Waals surface area contributed by atoms with Crippen molar-refractivity contribution in [3.8, 4) is 0 Å². The van der Waals surface area contributed by atoms with Gasteiger partial charge in [-0.15, -0.1) is 0 Å². The van der Waals surface area contributed by atoms with Crippen molar-refractivity contribution in [3.05, 3.63) is 0 Å². The van der Waals surface area contributed by atoms with E-state index in [1.807, 2.05) is 13.8 Å². The summed E-state index contributed by atoms with van der Waals surface area (Å²) in [5, 5.41) is 3.60. The van der Waals surface area contributed by atoms with E-state index in [0.717, 1.165) is 12.5 Å². The first-order chi connectivity index (χ1) is 9.65. The lowest BCUT2D eigenvalue weighted by Gasteiger charge is -2.34. The van der Waals surface area contributed by atoms with Crippen molar-refractivity contribution in [2.45, 2.75) is 84.5 Å². The van der Waals surface area contributed by atoms with Gasteiger partial charge in [0.25, 0.3) is 0 Å². The minimum atomic E-state index is -2.51. The van der Waals surface area contributed by atoms with Crippen LogP contribution >= 0.6 is 0 Å². The monoisotopic (exact) mass is 303 g/mol. The van der Waals surface area contributed by atoms with Gasteiger partial charge in [-0.05, 0) is 33.6 Å². The molecule has 1 atom stereocenters. The van der Waals surface area contributed by atoms with E-state index in [4.69, 9.17) is 13.3 Å². The van der Waals surface area contributed by atoms with Crippen LogP contribution in [0.1, 0.15) is 66.2 Å². The van der Waals surface area contributed by atoms with Gasteiger partial charge >= 0.3 is 8.80 Å². The van der Waals surface area contributed by atoms with Gasteiger partial charge in [0.2, 0.25) is 0 Å². The summed E-state index contributed by atoms with van der Waals surface area (Å²) in [6, 6.07) is 1.49. The molecule has 1 N–H and O–H groups in total. The molecule has 0 radical (unpaired) electrons. The van der Waals surface area contributed by atoms with Gasteiger partial charge < -0.3 is 13.3 Å². The Morgan fingerprint density at radius 2 is 1.65 bits per heavy atom. The minimum absolute atomic E-state index is 0.00872. The molecule has 0 aromatic rings. The highest BCUT2D eigenvalue weighted by molar-refractivity contribution is 6.60. The Kier molecular flexibility index (Phi) is 8.96. The van der Waals surface area contributed by atoms with E-state index in [1.165, 1.54) is 32.1 Å². The highest BCUT2D eigenvalue weighted by Gasteiger charge is 2.41. The number of nitrogens with one attached hydrogen (secondary N) is 1. The number of rotatable bonds is 10. The fraction of sp³-hybridized carbons (Fsp3) is 1.00. The second kappa shape index (κ2) is 9.90. The molecule has 0 spiro atoms. The van der Waals surface area contributed by atoms with Crippen molar-refractivity contribution in [2.24, 2.45) is 0 Å². The zero-order valence-corrected chi connectivity index (χ0v) is 14.7. The van der Waals surface area contributed by atoms with Crippen LogP contribution in [0.25, 0.3) is 0 Å². The van der Waals surface area contributed by atoms with Crippen LogP contribution in [0.15, 0.2) is 0 Å². The van der Waals surface area contributed by atoms with Gasteiger partial charge in [0.15, 0.2) is 0 Å². The molecular formula is C15H33NO3Si. The van der Waals surface area contributed by atoms with E-state index in [2.05, 4.69) is 19.2 Å². The maximum Gasteiger partial charge on any atom is 0.502 e. The summed E-state index contributed by atoms with van der Waals surface area (Å²) in [5.41, 5.74) is 0. The van der Waals surface area contributed by atoms with Gasteiger partial charge in [0.1, 0.15) is 0 Å². The molecule has 1 aliphatic rings. The summed E-state index contributed by atoms with van der Waals surface area (Å²) in [6.45, 7) is 9.58. The SMILES string of the molecule is CCC[Si](OCC)(OCC)OC(C)NC1CCCCC1. The summed E-state index contributed by atoms with van der Waals surface area (Å²) in [6.07, 6.45) is 7.60. The van der Waals surface area contributed by atoms with E-state index in [1.54, 1.807) is 0 Å². The first kappa shape index (κ1) is 18.1. The summed E-state index contributed by atoms with van der Waals surface area (Å²) < 4.78 is 18.1. The fourth-order valence-corrected chi connectivity index (χ4v) is 5.69. The smallest absolute Gasteiger partial charge is 0.374 e. The average molecular weight is 304 g/mol. The summed E-state index contributed by atoms with van der Waals surface area (Å²) in [4.78, 5) is 0. The minimum Gasteiger partial charge on any atom is -0.374 e. The van der Waals surface area contributed by atoms with Crippen LogP contribution in [-0.2, 0) is 13.3 Å². The molecule has 1 aliphatic carbocycles. The van der Waals surface area contributed by atoms with E-state index in [0.29, 0.717) is 19.3 Å². The fourth-order valence-electron chi connectivity index (χ4n) is 2.96. The van der Waals surface area contributed by atoms with Crippen molar-refractivity contribution in [3.63, 3.8) is 0 Å².